The number of carbonyl (C=O) groups is 1. The van der Waals surface area contributed by atoms with Gasteiger partial charge in [0.05, 0.1) is 0 Å². The van der Waals surface area contributed by atoms with E-state index in [1.807, 2.05) is 22.9 Å². The first kappa shape index (κ1) is 20.1. The molecule has 1 fully saturated rings. The number of pyridine rings is 1. The predicted octanol–water partition coefficient (Wildman–Crippen LogP) is 4.28. The Kier molecular flexibility index (Phi) is 6.12. The van der Waals surface area contributed by atoms with E-state index in [1.165, 1.54) is 30.4 Å². The molecule has 30 heavy (non-hydrogen) atoms. The predicted molar refractivity (Wildman–Crippen MR) is 118 cm³/mol. The van der Waals surface area contributed by atoms with Gasteiger partial charge in [0.15, 0.2) is 0 Å². The van der Waals surface area contributed by atoms with Gasteiger partial charge in [0, 0.05) is 37.1 Å². The van der Waals surface area contributed by atoms with E-state index in [-0.39, 0.29) is 11.4 Å². The van der Waals surface area contributed by atoms with E-state index in [1.54, 1.807) is 18.7 Å². The average Bonchev–Trinajstić information content (AvgIpc) is 3.33. The van der Waals surface area contributed by atoms with Crippen molar-refractivity contribution in [1.29, 1.82) is 0 Å². The molecule has 2 heterocycles. The first-order chi connectivity index (χ1) is 14.7. The summed E-state index contributed by atoms with van der Waals surface area (Å²) in [6.45, 7) is 3.29. The average molecular weight is 404 g/mol. The van der Waals surface area contributed by atoms with Gasteiger partial charge in [-0.05, 0) is 42.5 Å². The van der Waals surface area contributed by atoms with Crippen molar-refractivity contribution in [3.63, 3.8) is 0 Å². The molecule has 2 N–H and O–H groups in total. The van der Waals surface area contributed by atoms with Crippen LogP contribution >= 0.6 is 0 Å². The van der Waals surface area contributed by atoms with E-state index in [0.717, 1.165) is 24.2 Å². The summed E-state index contributed by atoms with van der Waals surface area (Å²) in [5, 5.41) is 6.11. The van der Waals surface area contributed by atoms with Crippen LogP contribution in [0.4, 0.5) is 4.79 Å². The SMILES string of the molecule is Cc1ccccc1C1(CNC(=O)NCc2ccc(-n3ccnc3)nc2)CCCCC1. The van der Waals surface area contributed by atoms with Gasteiger partial charge in [-0.1, -0.05) is 49.6 Å². The number of hydrogen-bond acceptors (Lipinski definition) is 3. The molecule has 0 bridgehead atoms. The van der Waals surface area contributed by atoms with E-state index in [0.29, 0.717) is 13.1 Å². The number of benzene rings is 1. The monoisotopic (exact) mass is 403 g/mol. The Morgan fingerprint density at radius 2 is 1.93 bits per heavy atom. The topological polar surface area (TPSA) is 71.8 Å². The molecule has 0 radical (unpaired) electrons. The fraction of sp³-hybridized carbons (Fsp3) is 0.375. The lowest BCUT2D eigenvalue weighted by Gasteiger charge is -2.39. The second kappa shape index (κ2) is 9.11. The number of hydrogen-bond donors (Lipinski definition) is 2. The highest BCUT2D eigenvalue weighted by molar-refractivity contribution is 5.74. The summed E-state index contributed by atoms with van der Waals surface area (Å²) in [5.41, 5.74) is 3.69. The molecule has 1 aromatic carbocycles. The molecular weight excluding hydrogens is 374 g/mol. The normalized spacial score (nSPS) is 15.5. The molecule has 156 valence electrons. The van der Waals surface area contributed by atoms with E-state index >= 15 is 0 Å². The summed E-state index contributed by atoms with van der Waals surface area (Å²) < 4.78 is 1.85. The molecule has 0 unspecified atom stereocenters. The summed E-state index contributed by atoms with van der Waals surface area (Å²) in [4.78, 5) is 21.0. The third-order valence-corrected chi connectivity index (χ3v) is 6.15. The summed E-state index contributed by atoms with van der Waals surface area (Å²) in [7, 11) is 0. The molecule has 6 heteroatoms. The van der Waals surface area contributed by atoms with Crippen LogP contribution in [0.25, 0.3) is 5.82 Å². The van der Waals surface area contributed by atoms with Gasteiger partial charge >= 0.3 is 6.03 Å². The Hall–Kier alpha value is -3.15. The van der Waals surface area contributed by atoms with Crippen LogP contribution in [0.3, 0.4) is 0 Å². The Morgan fingerprint density at radius 1 is 1.10 bits per heavy atom. The van der Waals surface area contributed by atoms with Gasteiger partial charge in [0.1, 0.15) is 12.1 Å². The van der Waals surface area contributed by atoms with Gasteiger partial charge in [-0.25, -0.2) is 14.8 Å². The molecule has 0 atom stereocenters. The van der Waals surface area contributed by atoms with E-state index in [9.17, 15) is 4.79 Å². The van der Waals surface area contributed by atoms with Crippen molar-refractivity contribution in [3.8, 4) is 5.82 Å². The highest BCUT2D eigenvalue weighted by Crippen LogP contribution is 2.40. The van der Waals surface area contributed by atoms with Crippen molar-refractivity contribution in [1.82, 2.24) is 25.2 Å². The fourth-order valence-corrected chi connectivity index (χ4v) is 4.50. The third-order valence-electron chi connectivity index (χ3n) is 6.15. The Labute approximate surface area is 177 Å². The van der Waals surface area contributed by atoms with Crippen LogP contribution in [0.2, 0.25) is 0 Å². The molecule has 2 amide bonds. The van der Waals surface area contributed by atoms with Crippen molar-refractivity contribution < 1.29 is 4.79 Å². The maximum atomic E-state index is 12.5. The maximum absolute atomic E-state index is 12.5. The number of urea groups is 1. The molecule has 1 aliphatic carbocycles. The summed E-state index contributed by atoms with van der Waals surface area (Å²) in [6.07, 6.45) is 13.0. The second-order valence-electron chi connectivity index (χ2n) is 8.19. The minimum Gasteiger partial charge on any atom is -0.337 e. The van der Waals surface area contributed by atoms with E-state index in [2.05, 4.69) is 51.8 Å². The smallest absolute Gasteiger partial charge is 0.315 e. The molecule has 6 nitrogen and oxygen atoms in total. The van der Waals surface area contributed by atoms with Gasteiger partial charge in [-0.15, -0.1) is 0 Å². The first-order valence-corrected chi connectivity index (χ1v) is 10.7. The van der Waals surface area contributed by atoms with Crippen LogP contribution in [0.5, 0.6) is 0 Å². The van der Waals surface area contributed by atoms with Gasteiger partial charge in [0.2, 0.25) is 0 Å². The van der Waals surface area contributed by atoms with Crippen LogP contribution in [0.15, 0.2) is 61.3 Å². The number of nitrogens with one attached hydrogen (secondary N) is 2. The highest BCUT2D eigenvalue weighted by atomic mass is 16.2. The number of rotatable bonds is 6. The number of imidazole rings is 1. The molecule has 1 aliphatic rings. The molecular formula is C24H29N5O. The zero-order valence-electron chi connectivity index (χ0n) is 17.5. The lowest BCUT2D eigenvalue weighted by atomic mass is 9.68. The van der Waals surface area contributed by atoms with Gasteiger partial charge in [0.25, 0.3) is 0 Å². The van der Waals surface area contributed by atoms with Crippen LogP contribution < -0.4 is 10.6 Å². The minimum atomic E-state index is -0.132. The fourth-order valence-electron chi connectivity index (χ4n) is 4.50. The molecule has 1 saturated carbocycles. The van der Waals surface area contributed by atoms with Crippen LogP contribution in [0.1, 0.15) is 48.8 Å². The maximum Gasteiger partial charge on any atom is 0.315 e. The molecule has 0 saturated heterocycles. The third kappa shape index (κ3) is 4.53. The van der Waals surface area contributed by atoms with Crippen LogP contribution in [-0.2, 0) is 12.0 Å². The van der Waals surface area contributed by atoms with Crippen LogP contribution in [0, 0.1) is 6.92 Å². The van der Waals surface area contributed by atoms with Crippen molar-refractivity contribution in [2.45, 2.75) is 51.0 Å². The zero-order valence-corrected chi connectivity index (χ0v) is 17.5. The van der Waals surface area contributed by atoms with Crippen molar-refractivity contribution in [2.75, 3.05) is 6.54 Å². The van der Waals surface area contributed by atoms with Crippen molar-refractivity contribution >= 4 is 6.03 Å². The summed E-state index contributed by atoms with van der Waals surface area (Å²) in [5.74, 6) is 0.804. The van der Waals surface area contributed by atoms with Gasteiger partial charge in [-0.2, -0.15) is 0 Å². The second-order valence-corrected chi connectivity index (χ2v) is 8.19. The molecule has 0 spiro atoms. The minimum absolute atomic E-state index is 0.0366. The summed E-state index contributed by atoms with van der Waals surface area (Å²) >= 11 is 0. The lowest BCUT2D eigenvalue weighted by Crippen LogP contribution is -2.45. The molecule has 4 rings (SSSR count). The Bertz CT molecular complexity index is 960. The molecule has 0 aliphatic heterocycles. The van der Waals surface area contributed by atoms with Crippen molar-refractivity contribution in [3.05, 3.63) is 78.0 Å². The van der Waals surface area contributed by atoms with Gasteiger partial charge in [-0.3, -0.25) is 4.57 Å². The first-order valence-electron chi connectivity index (χ1n) is 10.7. The highest BCUT2D eigenvalue weighted by Gasteiger charge is 2.35. The molecule has 2 aromatic heterocycles. The number of aryl methyl sites for hydroxylation is 1. The zero-order chi connectivity index (χ0) is 20.8. The number of carbonyl (C=O) groups excluding carboxylic acids is 1. The summed E-state index contributed by atoms with van der Waals surface area (Å²) in [6, 6.07) is 12.4. The Morgan fingerprint density at radius 3 is 2.63 bits per heavy atom. The Balaban J connectivity index is 1.34. The quantitative estimate of drug-likeness (QED) is 0.645. The van der Waals surface area contributed by atoms with Crippen LogP contribution in [-0.4, -0.2) is 27.1 Å². The van der Waals surface area contributed by atoms with Gasteiger partial charge < -0.3 is 10.6 Å². The lowest BCUT2D eigenvalue weighted by molar-refractivity contribution is 0.229. The number of nitrogens with zero attached hydrogens (tertiary/aromatic N) is 3. The molecule has 3 aromatic rings. The standard InChI is InChI=1S/C24H29N5O/c1-19-7-3-4-8-21(19)24(11-5-2-6-12-24)17-28-23(30)27-16-20-9-10-22(26-15-20)29-14-13-25-18-29/h3-4,7-10,13-15,18H,2,5-6,11-12,16-17H2,1H3,(H2,27,28,30). The van der Waals surface area contributed by atoms with E-state index < -0.39 is 0 Å². The van der Waals surface area contributed by atoms with Crippen molar-refractivity contribution in [2.24, 2.45) is 0 Å². The largest absolute Gasteiger partial charge is 0.337 e. The van der Waals surface area contributed by atoms with E-state index in [4.69, 9.17) is 0 Å². The number of aromatic nitrogens is 3. The number of amides is 2.